The molecular weight excluding hydrogens is 478 g/mol. The molecule has 2 aromatic rings. The number of nitrogens with zero attached hydrogens (tertiary/aromatic N) is 1. The van der Waals surface area contributed by atoms with Gasteiger partial charge in [-0.2, -0.15) is 0 Å². The number of Topliss-reactive ketones (excluding diaryl/α,β-unsaturated/α-hetero) is 1. The van der Waals surface area contributed by atoms with Crippen LogP contribution in [-0.2, 0) is 14.4 Å². The number of carbonyl (C=O) groups excluding carboxylic acids is 2. The first-order valence-corrected chi connectivity index (χ1v) is 11.0. The van der Waals surface area contributed by atoms with E-state index in [2.05, 4.69) is 15.9 Å². The standard InChI is InChI=1S/C24H24BrNO6/c1-32-18-12-8-15(9-13-18)21-20(22(29)16-6-10-17(25)11-7-16)23(30)24(31)26(21)14-4-2-3-5-19(27)28/h6-13,21,29H,2-5,14H2,1H3,(H,27,28). The fraction of sp³-hybridized carbons (Fsp3) is 0.292. The summed E-state index contributed by atoms with van der Waals surface area (Å²) in [6.45, 7) is 0.276. The predicted octanol–water partition coefficient (Wildman–Crippen LogP) is 4.52. The molecule has 1 saturated heterocycles. The highest BCUT2D eigenvalue weighted by atomic mass is 79.9. The van der Waals surface area contributed by atoms with Gasteiger partial charge in [-0.15, -0.1) is 0 Å². The number of aliphatic hydroxyl groups excluding tert-OH is 1. The fourth-order valence-corrected chi connectivity index (χ4v) is 4.01. The van der Waals surface area contributed by atoms with Crippen molar-refractivity contribution in [2.24, 2.45) is 0 Å². The van der Waals surface area contributed by atoms with E-state index in [4.69, 9.17) is 9.84 Å². The quantitative estimate of drug-likeness (QED) is 0.226. The molecule has 0 spiro atoms. The molecule has 1 aliphatic rings. The number of halogens is 1. The molecule has 32 heavy (non-hydrogen) atoms. The average molecular weight is 502 g/mol. The van der Waals surface area contributed by atoms with Crippen LogP contribution in [0.2, 0.25) is 0 Å². The van der Waals surface area contributed by atoms with E-state index in [1.807, 2.05) is 0 Å². The van der Waals surface area contributed by atoms with E-state index < -0.39 is 23.7 Å². The Morgan fingerprint density at radius 2 is 1.66 bits per heavy atom. The summed E-state index contributed by atoms with van der Waals surface area (Å²) in [5.41, 5.74) is 1.15. The molecule has 0 radical (unpaired) electrons. The molecule has 0 aliphatic carbocycles. The van der Waals surface area contributed by atoms with E-state index >= 15 is 0 Å². The lowest BCUT2D eigenvalue weighted by atomic mass is 9.95. The van der Waals surface area contributed by atoms with E-state index in [9.17, 15) is 19.5 Å². The van der Waals surface area contributed by atoms with Crippen molar-refractivity contribution in [2.75, 3.05) is 13.7 Å². The minimum Gasteiger partial charge on any atom is -0.507 e. The van der Waals surface area contributed by atoms with E-state index in [0.717, 1.165) is 4.47 Å². The Balaban J connectivity index is 1.97. The number of hydrogen-bond acceptors (Lipinski definition) is 5. The highest BCUT2D eigenvalue weighted by Gasteiger charge is 2.45. The van der Waals surface area contributed by atoms with Crippen LogP contribution in [0, 0.1) is 0 Å². The Hall–Kier alpha value is -3.13. The van der Waals surface area contributed by atoms with Gasteiger partial charge in [-0.05, 0) is 42.7 Å². The number of unbranched alkanes of at least 4 members (excludes halogenated alkanes) is 2. The molecule has 0 aromatic heterocycles. The van der Waals surface area contributed by atoms with Crippen LogP contribution in [-0.4, -0.2) is 46.4 Å². The van der Waals surface area contributed by atoms with Crippen LogP contribution in [0.25, 0.3) is 5.76 Å². The van der Waals surface area contributed by atoms with Gasteiger partial charge in [-0.25, -0.2) is 0 Å². The topological polar surface area (TPSA) is 104 Å². The van der Waals surface area contributed by atoms with Crippen molar-refractivity contribution in [2.45, 2.75) is 31.7 Å². The number of amides is 1. The minimum atomic E-state index is -0.863. The molecule has 2 N–H and O–H groups in total. The smallest absolute Gasteiger partial charge is 0.303 e. The van der Waals surface area contributed by atoms with Crippen molar-refractivity contribution in [3.63, 3.8) is 0 Å². The Kier molecular flexibility index (Phi) is 7.69. The third kappa shape index (κ3) is 5.19. The van der Waals surface area contributed by atoms with E-state index in [1.165, 1.54) is 4.90 Å². The number of likely N-dealkylation sites (tertiary alicyclic amines) is 1. The molecular formula is C24H24BrNO6. The van der Waals surface area contributed by atoms with Crippen LogP contribution in [0.15, 0.2) is 58.6 Å². The largest absolute Gasteiger partial charge is 0.507 e. The van der Waals surface area contributed by atoms with Gasteiger partial charge in [0.15, 0.2) is 0 Å². The van der Waals surface area contributed by atoms with Gasteiger partial charge in [0.2, 0.25) is 0 Å². The third-order valence-electron chi connectivity index (χ3n) is 5.38. The number of ether oxygens (including phenoxy) is 1. The van der Waals surface area contributed by atoms with Gasteiger partial charge in [-0.3, -0.25) is 14.4 Å². The van der Waals surface area contributed by atoms with Crippen molar-refractivity contribution in [1.82, 2.24) is 4.90 Å². The first-order chi connectivity index (χ1) is 15.3. The Labute approximate surface area is 194 Å². The molecule has 1 aliphatic heterocycles. The molecule has 1 unspecified atom stereocenters. The van der Waals surface area contributed by atoms with Gasteiger partial charge in [0.05, 0.1) is 18.7 Å². The number of carboxylic acids is 1. The number of carbonyl (C=O) groups is 3. The van der Waals surface area contributed by atoms with Crippen molar-refractivity contribution < 1.29 is 29.3 Å². The predicted molar refractivity (Wildman–Crippen MR) is 122 cm³/mol. The molecule has 1 atom stereocenters. The Morgan fingerprint density at radius 1 is 1.00 bits per heavy atom. The number of benzene rings is 2. The zero-order valence-corrected chi connectivity index (χ0v) is 19.2. The zero-order valence-electron chi connectivity index (χ0n) is 17.6. The summed E-state index contributed by atoms with van der Waals surface area (Å²) >= 11 is 3.35. The van der Waals surface area contributed by atoms with E-state index in [0.29, 0.717) is 36.1 Å². The third-order valence-corrected chi connectivity index (χ3v) is 5.91. The number of rotatable bonds is 9. The molecule has 1 fully saturated rings. The molecule has 1 heterocycles. The molecule has 0 saturated carbocycles. The van der Waals surface area contributed by atoms with Gasteiger partial charge in [-0.1, -0.05) is 46.6 Å². The minimum absolute atomic E-state index is 0.0352. The second kappa shape index (κ2) is 10.5. The highest BCUT2D eigenvalue weighted by Crippen LogP contribution is 2.40. The number of aliphatic hydroxyl groups is 1. The number of ketones is 1. The van der Waals surface area contributed by atoms with E-state index in [-0.39, 0.29) is 24.3 Å². The second-order valence-electron chi connectivity index (χ2n) is 7.48. The molecule has 2 aromatic carbocycles. The van der Waals surface area contributed by atoms with Crippen LogP contribution in [0.3, 0.4) is 0 Å². The van der Waals surface area contributed by atoms with Crippen LogP contribution in [0.1, 0.15) is 42.9 Å². The first kappa shape index (κ1) is 23.5. The maximum Gasteiger partial charge on any atom is 0.303 e. The summed E-state index contributed by atoms with van der Waals surface area (Å²) in [4.78, 5) is 38.0. The fourth-order valence-electron chi connectivity index (χ4n) is 3.74. The lowest BCUT2D eigenvalue weighted by Crippen LogP contribution is -2.30. The van der Waals surface area contributed by atoms with E-state index in [1.54, 1.807) is 55.6 Å². The average Bonchev–Trinajstić information content (AvgIpc) is 3.03. The molecule has 1 amide bonds. The number of methoxy groups -OCH3 is 1. The number of carboxylic acid groups (broad SMARTS) is 1. The molecule has 0 bridgehead atoms. The molecule has 3 rings (SSSR count). The maximum absolute atomic E-state index is 13.0. The summed E-state index contributed by atoms with van der Waals surface area (Å²) in [6, 6.07) is 13.1. The first-order valence-electron chi connectivity index (χ1n) is 10.2. The SMILES string of the molecule is COc1ccc(C2C(=C(O)c3ccc(Br)cc3)C(=O)C(=O)N2CCCCCC(=O)O)cc1. The summed E-state index contributed by atoms with van der Waals surface area (Å²) < 4.78 is 6.03. The van der Waals surface area contributed by atoms with Crippen LogP contribution >= 0.6 is 15.9 Å². The molecule has 168 valence electrons. The van der Waals surface area contributed by atoms with Crippen molar-refractivity contribution in [3.05, 3.63) is 69.7 Å². The maximum atomic E-state index is 13.0. The molecule has 7 nitrogen and oxygen atoms in total. The normalized spacial score (nSPS) is 17.6. The second-order valence-corrected chi connectivity index (χ2v) is 8.39. The van der Waals surface area contributed by atoms with Crippen molar-refractivity contribution in [1.29, 1.82) is 0 Å². The van der Waals surface area contributed by atoms with Gasteiger partial charge in [0, 0.05) is 23.0 Å². The summed E-state index contributed by atoms with van der Waals surface area (Å²) in [7, 11) is 1.55. The van der Waals surface area contributed by atoms with Gasteiger partial charge >= 0.3 is 5.97 Å². The van der Waals surface area contributed by atoms with Gasteiger partial charge in [0.25, 0.3) is 11.7 Å². The lowest BCUT2D eigenvalue weighted by molar-refractivity contribution is -0.140. The Bertz CT molecular complexity index is 1030. The summed E-state index contributed by atoms with van der Waals surface area (Å²) in [6.07, 6.45) is 1.71. The van der Waals surface area contributed by atoms with Crippen LogP contribution in [0.4, 0.5) is 0 Å². The van der Waals surface area contributed by atoms with Crippen molar-refractivity contribution in [3.8, 4) is 5.75 Å². The Morgan fingerprint density at radius 3 is 2.25 bits per heavy atom. The highest BCUT2D eigenvalue weighted by molar-refractivity contribution is 9.10. The number of aliphatic carboxylic acids is 1. The van der Waals surface area contributed by atoms with Crippen LogP contribution in [0.5, 0.6) is 5.75 Å². The van der Waals surface area contributed by atoms with Gasteiger partial charge < -0.3 is 19.8 Å². The zero-order chi connectivity index (χ0) is 23.3. The van der Waals surface area contributed by atoms with Gasteiger partial charge in [0.1, 0.15) is 11.5 Å². The van der Waals surface area contributed by atoms with Crippen molar-refractivity contribution >= 4 is 39.3 Å². The van der Waals surface area contributed by atoms with Crippen LogP contribution < -0.4 is 4.74 Å². The lowest BCUT2D eigenvalue weighted by Gasteiger charge is -2.25. The number of hydrogen-bond donors (Lipinski definition) is 2. The molecule has 8 heteroatoms. The summed E-state index contributed by atoms with van der Waals surface area (Å²) in [5.74, 6) is -1.88. The summed E-state index contributed by atoms with van der Waals surface area (Å²) in [5, 5.41) is 19.8. The monoisotopic (exact) mass is 501 g/mol.